The molecule has 0 aromatic heterocycles. The number of piperidine rings is 1. The number of nitrogens with zero attached hydrogens (tertiary/aromatic N) is 1. The van der Waals surface area contributed by atoms with Crippen LogP contribution in [0.25, 0.3) is 0 Å². The van der Waals surface area contributed by atoms with Gasteiger partial charge in [-0.15, -0.1) is 23.2 Å². The van der Waals surface area contributed by atoms with Crippen LogP contribution < -0.4 is 0 Å². The molecule has 1 heterocycles. The largest absolute Gasteiger partial charge is 0.480 e. The summed E-state index contributed by atoms with van der Waals surface area (Å²) in [7, 11) is 0. The quantitative estimate of drug-likeness (QED) is 0.682. The van der Waals surface area contributed by atoms with Crippen molar-refractivity contribution in [3.05, 3.63) is 0 Å². The summed E-state index contributed by atoms with van der Waals surface area (Å²) >= 11 is 11.3. The SMILES string of the molecule is O=C(O)CN1CC(Cl)C(=O)C(Cl)C1. The van der Waals surface area contributed by atoms with Crippen LogP contribution in [0.15, 0.2) is 0 Å². The predicted octanol–water partition coefficient (Wildman–Crippen LogP) is 0.170. The molecule has 6 heteroatoms. The number of rotatable bonds is 2. The van der Waals surface area contributed by atoms with E-state index >= 15 is 0 Å². The summed E-state index contributed by atoms with van der Waals surface area (Å²) in [4.78, 5) is 23.0. The zero-order valence-electron chi connectivity index (χ0n) is 6.74. The minimum absolute atomic E-state index is 0.125. The summed E-state index contributed by atoms with van der Waals surface area (Å²) in [5.74, 6) is -1.16. The molecule has 4 nitrogen and oxygen atoms in total. The first kappa shape index (κ1) is 10.8. The van der Waals surface area contributed by atoms with Crippen LogP contribution in [0.3, 0.4) is 0 Å². The highest BCUT2D eigenvalue weighted by molar-refractivity contribution is 6.40. The molecule has 1 aliphatic heterocycles. The second kappa shape index (κ2) is 4.26. The summed E-state index contributed by atoms with van der Waals surface area (Å²) < 4.78 is 0. The maximum absolute atomic E-state index is 11.1. The fraction of sp³-hybridized carbons (Fsp3) is 0.714. The number of halogens is 2. The molecule has 2 unspecified atom stereocenters. The number of carbonyl (C=O) groups is 2. The molecule has 2 atom stereocenters. The summed E-state index contributed by atoms with van der Waals surface area (Å²) in [6.45, 7) is 0.394. The number of alkyl halides is 2. The lowest BCUT2D eigenvalue weighted by atomic mass is 10.1. The highest BCUT2D eigenvalue weighted by Gasteiger charge is 2.33. The molecule has 0 amide bonds. The van der Waals surface area contributed by atoms with Crippen molar-refractivity contribution in [3.8, 4) is 0 Å². The van der Waals surface area contributed by atoms with Gasteiger partial charge in [-0.3, -0.25) is 14.5 Å². The number of likely N-dealkylation sites (tertiary alicyclic amines) is 1. The maximum atomic E-state index is 11.1. The van der Waals surface area contributed by atoms with E-state index in [0.717, 1.165) is 0 Å². The first-order chi connectivity index (χ1) is 6.00. The Morgan fingerprint density at radius 3 is 2.31 bits per heavy atom. The van der Waals surface area contributed by atoms with Gasteiger partial charge in [0.15, 0.2) is 5.78 Å². The number of hydrogen-bond acceptors (Lipinski definition) is 3. The lowest BCUT2D eigenvalue weighted by molar-refractivity contribution is -0.139. The lowest BCUT2D eigenvalue weighted by Crippen LogP contribution is -2.50. The van der Waals surface area contributed by atoms with Gasteiger partial charge >= 0.3 is 5.97 Å². The number of carboxylic acids is 1. The van der Waals surface area contributed by atoms with Gasteiger partial charge in [0.1, 0.15) is 10.8 Å². The Labute approximate surface area is 85.4 Å². The predicted molar refractivity (Wildman–Crippen MR) is 48.4 cm³/mol. The van der Waals surface area contributed by atoms with Gasteiger partial charge in [0.25, 0.3) is 0 Å². The summed E-state index contributed by atoms with van der Waals surface area (Å²) in [6.07, 6.45) is 0. The molecule has 0 aliphatic carbocycles. The third kappa shape index (κ3) is 2.83. The lowest BCUT2D eigenvalue weighted by Gasteiger charge is -2.30. The van der Waals surface area contributed by atoms with Crippen LogP contribution in [0.4, 0.5) is 0 Å². The van der Waals surface area contributed by atoms with Crippen molar-refractivity contribution in [2.75, 3.05) is 19.6 Å². The highest BCUT2D eigenvalue weighted by atomic mass is 35.5. The van der Waals surface area contributed by atoms with Gasteiger partial charge in [-0.1, -0.05) is 0 Å². The van der Waals surface area contributed by atoms with Gasteiger partial charge in [0.05, 0.1) is 6.54 Å². The molecular formula is C7H9Cl2NO3. The number of aliphatic carboxylic acids is 1. The van der Waals surface area contributed by atoms with Crippen molar-refractivity contribution in [1.82, 2.24) is 4.90 Å². The number of carboxylic acid groups (broad SMARTS) is 1. The molecular weight excluding hydrogens is 217 g/mol. The molecule has 1 N–H and O–H groups in total. The van der Waals surface area contributed by atoms with Gasteiger partial charge in [0, 0.05) is 13.1 Å². The van der Waals surface area contributed by atoms with Crippen molar-refractivity contribution in [3.63, 3.8) is 0 Å². The van der Waals surface area contributed by atoms with Crippen molar-refractivity contribution in [1.29, 1.82) is 0 Å². The number of ketones is 1. The van der Waals surface area contributed by atoms with E-state index in [0.29, 0.717) is 0 Å². The molecule has 1 saturated heterocycles. The Bertz CT molecular complexity index is 220. The van der Waals surface area contributed by atoms with Crippen molar-refractivity contribution in [2.24, 2.45) is 0 Å². The van der Waals surface area contributed by atoms with Gasteiger partial charge < -0.3 is 5.11 Å². The summed E-state index contributed by atoms with van der Waals surface area (Å²) in [5, 5.41) is 7.12. The van der Waals surface area contributed by atoms with Gasteiger partial charge in [-0.25, -0.2) is 0 Å². The highest BCUT2D eigenvalue weighted by Crippen LogP contribution is 2.16. The Morgan fingerprint density at radius 1 is 1.46 bits per heavy atom. The van der Waals surface area contributed by atoms with Crippen molar-refractivity contribution >= 4 is 35.0 Å². The van der Waals surface area contributed by atoms with Crippen LogP contribution in [0.2, 0.25) is 0 Å². The molecule has 13 heavy (non-hydrogen) atoms. The van der Waals surface area contributed by atoms with E-state index in [2.05, 4.69) is 0 Å². The Morgan fingerprint density at radius 2 is 1.92 bits per heavy atom. The molecule has 1 aliphatic rings. The van der Waals surface area contributed by atoms with Gasteiger partial charge in [-0.05, 0) is 0 Å². The summed E-state index contributed by atoms with van der Waals surface area (Å²) in [5.41, 5.74) is 0. The molecule has 0 bridgehead atoms. The van der Waals surface area contributed by atoms with Crippen molar-refractivity contribution in [2.45, 2.75) is 10.8 Å². The van der Waals surface area contributed by atoms with Gasteiger partial charge in [0.2, 0.25) is 0 Å². The molecule has 1 fully saturated rings. The van der Waals surface area contributed by atoms with E-state index < -0.39 is 16.7 Å². The summed E-state index contributed by atoms with van der Waals surface area (Å²) in [6, 6.07) is 0. The van der Waals surface area contributed by atoms with E-state index in [9.17, 15) is 9.59 Å². The number of hydrogen-bond donors (Lipinski definition) is 1. The maximum Gasteiger partial charge on any atom is 0.317 e. The second-order valence-corrected chi connectivity index (χ2v) is 3.98. The van der Waals surface area contributed by atoms with Crippen LogP contribution in [0.5, 0.6) is 0 Å². The van der Waals surface area contributed by atoms with Crippen LogP contribution in [0.1, 0.15) is 0 Å². The van der Waals surface area contributed by atoms with Gasteiger partial charge in [-0.2, -0.15) is 0 Å². The van der Waals surface area contributed by atoms with Crippen LogP contribution in [-0.2, 0) is 9.59 Å². The average molecular weight is 226 g/mol. The normalized spacial score (nSPS) is 30.5. The number of carbonyl (C=O) groups excluding carboxylic acids is 1. The first-order valence-electron chi connectivity index (χ1n) is 3.76. The molecule has 0 saturated carbocycles. The zero-order chi connectivity index (χ0) is 10.0. The third-order valence-electron chi connectivity index (χ3n) is 1.81. The third-order valence-corrected chi connectivity index (χ3v) is 2.52. The smallest absolute Gasteiger partial charge is 0.317 e. The molecule has 0 aromatic carbocycles. The monoisotopic (exact) mass is 225 g/mol. The minimum Gasteiger partial charge on any atom is -0.480 e. The topological polar surface area (TPSA) is 57.6 Å². The van der Waals surface area contributed by atoms with E-state index in [1.54, 1.807) is 4.90 Å². The van der Waals surface area contributed by atoms with E-state index in [1.807, 2.05) is 0 Å². The minimum atomic E-state index is -0.943. The van der Waals surface area contributed by atoms with Crippen LogP contribution >= 0.6 is 23.2 Å². The Balaban J connectivity index is 2.53. The Hall–Kier alpha value is -0.320. The fourth-order valence-corrected chi connectivity index (χ4v) is 1.98. The van der Waals surface area contributed by atoms with Crippen molar-refractivity contribution < 1.29 is 14.7 Å². The molecule has 0 radical (unpaired) electrons. The van der Waals surface area contributed by atoms with E-state index in [-0.39, 0.29) is 25.4 Å². The molecule has 74 valence electrons. The fourth-order valence-electron chi connectivity index (χ4n) is 1.22. The standard InChI is InChI=1S/C7H9Cl2NO3/c8-4-1-10(3-6(11)12)2-5(9)7(4)13/h4-5H,1-3H2,(H,11,12). The Kier molecular flexibility index (Phi) is 3.53. The second-order valence-electron chi connectivity index (χ2n) is 2.93. The molecule has 0 spiro atoms. The molecule has 0 aromatic rings. The zero-order valence-corrected chi connectivity index (χ0v) is 8.25. The number of Topliss-reactive ketones (excluding diaryl/α,β-unsaturated/α-hetero) is 1. The first-order valence-corrected chi connectivity index (χ1v) is 4.64. The van der Waals surface area contributed by atoms with Crippen LogP contribution in [-0.4, -0.2) is 52.1 Å². The van der Waals surface area contributed by atoms with E-state index in [1.165, 1.54) is 0 Å². The van der Waals surface area contributed by atoms with Crippen LogP contribution in [0, 0.1) is 0 Å². The average Bonchev–Trinajstić information content (AvgIpc) is 1.98. The molecule has 1 rings (SSSR count). The van der Waals surface area contributed by atoms with E-state index in [4.69, 9.17) is 28.3 Å².